The largest absolute Gasteiger partial charge is 0.425 e. The van der Waals surface area contributed by atoms with Crippen LogP contribution in [0.2, 0.25) is 0 Å². The van der Waals surface area contributed by atoms with Gasteiger partial charge < -0.3 is 8.94 Å². The van der Waals surface area contributed by atoms with E-state index in [0.717, 1.165) is 5.82 Å². The molecular formula is C22H41N5O2. The van der Waals surface area contributed by atoms with Crippen LogP contribution in [-0.2, 0) is 10.8 Å². The molecule has 0 aromatic carbocycles. The highest BCUT2D eigenvalue weighted by atomic mass is 16.5. The lowest BCUT2D eigenvalue weighted by atomic mass is 9.96. The first-order valence-corrected chi connectivity index (χ1v) is 10.5. The van der Waals surface area contributed by atoms with Crippen LogP contribution in [0.25, 0.3) is 0 Å². The fraction of sp³-hybridized carbons (Fsp3) is 0.818. The van der Waals surface area contributed by atoms with Crippen molar-refractivity contribution in [2.75, 3.05) is 13.1 Å². The van der Waals surface area contributed by atoms with Gasteiger partial charge in [-0.1, -0.05) is 46.7 Å². The predicted molar refractivity (Wildman–Crippen MR) is 116 cm³/mol. The van der Waals surface area contributed by atoms with Gasteiger partial charge >= 0.3 is 0 Å². The van der Waals surface area contributed by atoms with Gasteiger partial charge in [0.05, 0.1) is 0 Å². The Morgan fingerprint density at radius 1 is 0.759 bits per heavy atom. The van der Waals surface area contributed by atoms with Gasteiger partial charge in [-0.2, -0.15) is 4.98 Å². The van der Waals surface area contributed by atoms with E-state index < -0.39 is 0 Å². The molecule has 0 bridgehead atoms. The highest BCUT2D eigenvalue weighted by Gasteiger charge is 2.23. The molecule has 0 unspecified atom stereocenters. The Bertz CT molecular complexity index is 673. The molecule has 3 heterocycles. The van der Waals surface area contributed by atoms with Crippen molar-refractivity contribution in [3.05, 3.63) is 23.5 Å². The SMILES string of the molecule is CC(C)(C)N1CCCC1.Cc1nc(C(C)(C)C)no1.Cc1nnc(C(C)(C)C)o1. The highest BCUT2D eigenvalue weighted by Crippen LogP contribution is 2.20. The van der Waals surface area contributed by atoms with Crippen LogP contribution < -0.4 is 0 Å². The molecule has 1 aliphatic heterocycles. The van der Waals surface area contributed by atoms with E-state index in [9.17, 15) is 0 Å². The second-order valence-corrected chi connectivity index (χ2v) is 10.6. The smallest absolute Gasteiger partial charge is 0.223 e. The Kier molecular flexibility index (Phi) is 8.57. The quantitative estimate of drug-likeness (QED) is 0.591. The molecule has 0 saturated carbocycles. The molecule has 1 saturated heterocycles. The maximum Gasteiger partial charge on any atom is 0.223 e. The predicted octanol–water partition coefficient (Wildman–Crippen LogP) is 5.23. The van der Waals surface area contributed by atoms with Crippen molar-refractivity contribution < 1.29 is 8.94 Å². The molecule has 0 aliphatic carbocycles. The molecule has 0 radical (unpaired) electrons. The zero-order valence-electron chi connectivity index (χ0n) is 20.4. The molecule has 2 aromatic heterocycles. The van der Waals surface area contributed by atoms with Gasteiger partial charge in [-0.15, -0.1) is 10.2 Å². The summed E-state index contributed by atoms with van der Waals surface area (Å²) in [6.45, 7) is 25.4. The Labute approximate surface area is 176 Å². The van der Waals surface area contributed by atoms with Crippen molar-refractivity contribution in [2.24, 2.45) is 0 Å². The summed E-state index contributed by atoms with van der Waals surface area (Å²) in [5, 5.41) is 11.4. The van der Waals surface area contributed by atoms with Crippen molar-refractivity contribution in [3.8, 4) is 0 Å². The van der Waals surface area contributed by atoms with Crippen molar-refractivity contribution in [1.82, 2.24) is 25.2 Å². The Morgan fingerprint density at radius 3 is 1.52 bits per heavy atom. The molecule has 0 spiro atoms. The number of hydrogen-bond acceptors (Lipinski definition) is 7. The first-order valence-electron chi connectivity index (χ1n) is 10.5. The molecule has 0 N–H and O–H groups in total. The van der Waals surface area contributed by atoms with Crippen LogP contribution in [0.5, 0.6) is 0 Å². The third kappa shape index (κ3) is 9.07. The van der Waals surface area contributed by atoms with Gasteiger partial charge in [0.15, 0.2) is 5.82 Å². The summed E-state index contributed by atoms with van der Waals surface area (Å²) in [5.74, 6) is 2.73. The van der Waals surface area contributed by atoms with E-state index in [1.807, 2.05) is 20.8 Å². The van der Waals surface area contributed by atoms with Crippen LogP contribution in [0.3, 0.4) is 0 Å². The van der Waals surface area contributed by atoms with E-state index in [-0.39, 0.29) is 10.8 Å². The fourth-order valence-electron chi connectivity index (χ4n) is 2.59. The second kappa shape index (κ2) is 9.83. The maximum atomic E-state index is 5.23. The Hall–Kier alpha value is -1.76. The van der Waals surface area contributed by atoms with E-state index >= 15 is 0 Å². The van der Waals surface area contributed by atoms with E-state index in [4.69, 9.17) is 8.94 Å². The van der Waals surface area contributed by atoms with E-state index in [1.54, 1.807) is 13.8 Å². The van der Waals surface area contributed by atoms with Gasteiger partial charge in [-0.05, 0) is 46.7 Å². The number of aromatic nitrogens is 4. The molecule has 0 amide bonds. The normalized spacial score (nSPS) is 15.4. The first kappa shape index (κ1) is 25.3. The van der Waals surface area contributed by atoms with Gasteiger partial charge in [-0.25, -0.2) is 0 Å². The van der Waals surface area contributed by atoms with E-state index in [0.29, 0.717) is 23.2 Å². The van der Waals surface area contributed by atoms with Gasteiger partial charge in [0, 0.05) is 30.2 Å². The molecule has 7 heteroatoms. The van der Waals surface area contributed by atoms with Crippen LogP contribution in [0.1, 0.15) is 98.7 Å². The van der Waals surface area contributed by atoms with Crippen LogP contribution >= 0.6 is 0 Å². The Balaban J connectivity index is 0.000000218. The summed E-state index contributed by atoms with van der Waals surface area (Å²) < 4.78 is 10.1. The highest BCUT2D eigenvalue weighted by molar-refractivity contribution is 4.98. The minimum absolute atomic E-state index is 0.00222. The molecular weight excluding hydrogens is 366 g/mol. The van der Waals surface area contributed by atoms with Crippen molar-refractivity contribution >= 4 is 0 Å². The summed E-state index contributed by atoms with van der Waals surface area (Å²) in [4.78, 5) is 6.65. The number of aryl methyl sites for hydroxylation is 2. The number of hydrogen-bond donors (Lipinski definition) is 0. The monoisotopic (exact) mass is 407 g/mol. The summed E-state index contributed by atoms with van der Waals surface area (Å²) in [5.41, 5.74) is 0.384. The van der Waals surface area contributed by atoms with E-state index in [1.165, 1.54) is 25.9 Å². The molecule has 29 heavy (non-hydrogen) atoms. The molecule has 1 aliphatic rings. The van der Waals surface area contributed by atoms with E-state index in [2.05, 4.69) is 66.8 Å². The lowest BCUT2D eigenvalue weighted by molar-refractivity contribution is 0.175. The standard InChI is InChI=1S/C8H17N.2C7H12N2O/c1-8(2,3)9-6-4-5-7-9;1-5-8-9-6(10-5)7(2,3)4;1-5-8-6(9-10-5)7(2,3)4/h4-7H2,1-3H3;2*1-4H3. The maximum absolute atomic E-state index is 5.23. The minimum atomic E-state index is -0.0265. The molecule has 3 rings (SSSR count). The number of nitrogens with zero attached hydrogens (tertiary/aromatic N) is 5. The van der Waals surface area contributed by atoms with Gasteiger partial charge in [0.25, 0.3) is 0 Å². The average molecular weight is 408 g/mol. The average Bonchev–Trinajstić information content (AvgIpc) is 3.26. The zero-order chi connectivity index (χ0) is 22.5. The first-order chi connectivity index (χ1) is 13.1. The van der Waals surface area contributed by atoms with Crippen LogP contribution in [-0.4, -0.2) is 43.9 Å². The van der Waals surface area contributed by atoms with Crippen molar-refractivity contribution in [3.63, 3.8) is 0 Å². The lowest BCUT2D eigenvalue weighted by Gasteiger charge is -2.31. The number of rotatable bonds is 0. The molecule has 0 atom stereocenters. The fourth-order valence-corrected chi connectivity index (χ4v) is 2.59. The van der Waals surface area contributed by atoms with Crippen LogP contribution in [0, 0.1) is 13.8 Å². The third-order valence-corrected chi connectivity index (χ3v) is 4.42. The number of likely N-dealkylation sites (tertiary alicyclic amines) is 1. The minimum Gasteiger partial charge on any atom is -0.425 e. The topological polar surface area (TPSA) is 81.1 Å². The molecule has 1 fully saturated rings. The summed E-state index contributed by atoms with van der Waals surface area (Å²) in [6.07, 6.45) is 2.80. The Morgan fingerprint density at radius 2 is 1.31 bits per heavy atom. The molecule has 2 aromatic rings. The summed E-state index contributed by atoms with van der Waals surface area (Å²) in [7, 11) is 0. The summed E-state index contributed by atoms with van der Waals surface area (Å²) in [6, 6.07) is 0. The van der Waals surface area contributed by atoms with Gasteiger partial charge in [-0.3, -0.25) is 4.90 Å². The molecule has 7 nitrogen and oxygen atoms in total. The molecule has 166 valence electrons. The zero-order valence-corrected chi connectivity index (χ0v) is 20.4. The van der Waals surface area contributed by atoms with Crippen LogP contribution in [0.15, 0.2) is 8.94 Å². The lowest BCUT2D eigenvalue weighted by Crippen LogP contribution is -2.38. The third-order valence-electron chi connectivity index (χ3n) is 4.42. The summed E-state index contributed by atoms with van der Waals surface area (Å²) >= 11 is 0. The van der Waals surface area contributed by atoms with Crippen molar-refractivity contribution in [2.45, 2.75) is 105 Å². The second-order valence-electron chi connectivity index (χ2n) is 10.6. The van der Waals surface area contributed by atoms with Gasteiger partial charge in [0.2, 0.25) is 17.7 Å². The van der Waals surface area contributed by atoms with Gasteiger partial charge in [0.1, 0.15) is 0 Å². The van der Waals surface area contributed by atoms with Crippen LogP contribution in [0.4, 0.5) is 0 Å². The van der Waals surface area contributed by atoms with Crippen molar-refractivity contribution in [1.29, 1.82) is 0 Å².